The van der Waals surface area contributed by atoms with Gasteiger partial charge in [-0.1, -0.05) is 11.6 Å². The summed E-state index contributed by atoms with van der Waals surface area (Å²) in [5.74, 6) is 0.123. The molecule has 2 heterocycles. The van der Waals surface area contributed by atoms with Crippen LogP contribution in [0.2, 0.25) is 5.02 Å². The van der Waals surface area contributed by atoms with Crippen molar-refractivity contribution in [3.8, 4) is 5.69 Å². The molecule has 6 nitrogen and oxygen atoms in total. The molecule has 2 aromatic carbocycles. The van der Waals surface area contributed by atoms with E-state index in [4.69, 9.17) is 16.3 Å². The lowest BCUT2D eigenvalue weighted by molar-refractivity contribution is 0.0595. The average Bonchev–Trinajstić information content (AvgIpc) is 2.81. The normalized spacial score (nSPS) is 16.2. The van der Waals surface area contributed by atoms with Crippen LogP contribution in [-0.2, 0) is 4.74 Å². The first kappa shape index (κ1) is 21.3. The third-order valence-corrected chi connectivity index (χ3v) is 5.82. The molecule has 1 fully saturated rings. The summed E-state index contributed by atoms with van der Waals surface area (Å²) in [5.41, 5.74) is 2.50. The fourth-order valence-electron chi connectivity index (χ4n) is 3.59. The summed E-state index contributed by atoms with van der Waals surface area (Å²) in [5, 5.41) is 7.62. The lowest BCUT2D eigenvalue weighted by Crippen LogP contribution is -2.26. The first-order chi connectivity index (χ1) is 15.0. The van der Waals surface area contributed by atoms with E-state index in [1.165, 1.54) is 16.8 Å². The number of benzene rings is 2. The molecule has 1 aromatic heterocycles. The number of nitrogens with zero attached hydrogens (tertiary/aromatic N) is 3. The summed E-state index contributed by atoms with van der Waals surface area (Å²) < 4.78 is 19.9. The standard InChI is InChI=1S/C23H24ClFN4O2/c1-28(18-6-4-17(25)5-7-18)19-8-10-20(11-9-19)29-23(30)22(24)21(14-27-29)26-13-16-3-2-12-31-15-16/h4-11,14,16,26H,2-3,12-13,15H2,1H3. The van der Waals surface area contributed by atoms with E-state index in [0.717, 1.165) is 30.8 Å². The van der Waals surface area contributed by atoms with Gasteiger partial charge in [0.1, 0.15) is 10.8 Å². The molecule has 1 unspecified atom stereocenters. The molecule has 8 heteroatoms. The number of nitrogens with one attached hydrogen (secondary N) is 1. The summed E-state index contributed by atoms with van der Waals surface area (Å²) in [7, 11) is 1.89. The molecule has 162 valence electrons. The molecule has 4 rings (SSSR count). The molecule has 1 atom stereocenters. The van der Waals surface area contributed by atoms with Crippen molar-refractivity contribution in [3.05, 3.63) is 75.9 Å². The van der Waals surface area contributed by atoms with Crippen molar-refractivity contribution in [2.45, 2.75) is 12.8 Å². The Morgan fingerprint density at radius 2 is 1.87 bits per heavy atom. The van der Waals surface area contributed by atoms with E-state index in [0.29, 0.717) is 30.4 Å². The Bertz CT molecular complexity index is 1080. The third kappa shape index (κ3) is 4.89. The van der Waals surface area contributed by atoms with Crippen LogP contribution < -0.4 is 15.8 Å². The zero-order chi connectivity index (χ0) is 21.8. The second kappa shape index (κ2) is 9.49. The maximum Gasteiger partial charge on any atom is 0.292 e. The summed E-state index contributed by atoms with van der Waals surface area (Å²) in [6, 6.07) is 13.6. The van der Waals surface area contributed by atoms with Gasteiger partial charge in [-0.25, -0.2) is 4.39 Å². The van der Waals surface area contributed by atoms with Crippen LogP contribution in [0.1, 0.15) is 12.8 Å². The van der Waals surface area contributed by atoms with E-state index in [1.54, 1.807) is 30.5 Å². The number of halogens is 2. The number of anilines is 3. The Balaban J connectivity index is 1.49. The largest absolute Gasteiger partial charge is 0.382 e. The molecule has 3 aromatic rings. The average molecular weight is 443 g/mol. The Hall–Kier alpha value is -2.90. The Morgan fingerprint density at radius 3 is 2.52 bits per heavy atom. The molecule has 0 bridgehead atoms. The Labute approximate surface area is 185 Å². The SMILES string of the molecule is CN(c1ccc(F)cc1)c1ccc(-n2ncc(NCC3CCCOC3)c(Cl)c2=O)cc1. The Morgan fingerprint density at radius 1 is 1.19 bits per heavy atom. The van der Waals surface area contributed by atoms with E-state index in [-0.39, 0.29) is 16.4 Å². The van der Waals surface area contributed by atoms with Gasteiger partial charge in [-0.3, -0.25) is 4.79 Å². The predicted octanol–water partition coefficient (Wildman–Crippen LogP) is 4.63. The van der Waals surface area contributed by atoms with Gasteiger partial charge >= 0.3 is 0 Å². The van der Waals surface area contributed by atoms with E-state index in [9.17, 15) is 9.18 Å². The number of ether oxygens (including phenoxy) is 1. The topological polar surface area (TPSA) is 59.4 Å². The zero-order valence-electron chi connectivity index (χ0n) is 17.2. The number of rotatable bonds is 6. The van der Waals surface area contributed by atoms with Gasteiger partial charge in [-0.05, 0) is 67.3 Å². The van der Waals surface area contributed by atoms with Gasteiger partial charge in [0.15, 0.2) is 0 Å². The van der Waals surface area contributed by atoms with Crippen LogP contribution in [0.4, 0.5) is 21.5 Å². The van der Waals surface area contributed by atoms with Gasteiger partial charge in [0.05, 0.1) is 24.2 Å². The lowest BCUT2D eigenvalue weighted by Gasteiger charge is -2.23. The van der Waals surface area contributed by atoms with Gasteiger partial charge in [0, 0.05) is 31.6 Å². The van der Waals surface area contributed by atoms with Gasteiger partial charge in [-0.15, -0.1) is 0 Å². The minimum Gasteiger partial charge on any atom is -0.382 e. The number of aromatic nitrogens is 2. The second-order valence-electron chi connectivity index (χ2n) is 7.61. The van der Waals surface area contributed by atoms with Crippen molar-refractivity contribution in [2.24, 2.45) is 5.92 Å². The number of hydrogen-bond acceptors (Lipinski definition) is 5. The van der Waals surface area contributed by atoms with Crippen LogP contribution >= 0.6 is 11.6 Å². The van der Waals surface area contributed by atoms with E-state index in [1.807, 2.05) is 24.1 Å². The summed E-state index contributed by atoms with van der Waals surface area (Å²) in [4.78, 5) is 14.7. The molecule has 31 heavy (non-hydrogen) atoms. The van der Waals surface area contributed by atoms with Crippen molar-refractivity contribution in [1.29, 1.82) is 0 Å². The van der Waals surface area contributed by atoms with Crippen molar-refractivity contribution < 1.29 is 9.13 Å². The summed E-state index contributed by atoms with van der Waals surface area (Å²) in [6.45, 7) is 2.22. The summed E-state index contributed by atoms with van der Waals surface area (Å²) >= 11 is 6.33. The van der Waals surface area contributed by atoms with Gasteiger partial charge in [0.2, 0.25) is 0 Å². The highest BCUT2D eigenvalue weighted by Gasteiger charge is 2.16. The Kier molecular flexibility index (Phi) is 6.53. The van der Waals surface area contributed by atoms with Gasteiger partial charge in [-0.2, -0.15) is 9.78 Å². The van der Waals surface area contributed by atoms with Crippen molar-refractivity contribution in [3.63, 3.8) is 0 Å². The molecule has 1 aliphatic heterocycles. The molecule has 1 aliphatic rings. The molecule has 0 aliphatic carbocycles. The third-order valence-electron chi connectivity index (χ3n) is 5.45. The predicted molar refractivity (Wildman–Crippen MR) is 121 cm³/mol. The minimum absolute atomic E-state index is 0.110. The quantitative estimate of drug-likeness (QED) is 0.603. The molecular formula is C23H24ClFN4O2. The second-order valence-corrected chi connectivity index (χ2v) is 7.98. The van der Waals surface area contributed by atoms with Crippen LogP contribution in [0, 0.1) is 11.7 Å². The molecule has 0 spiro atoms. The highest BCUT2D eigenvalue weighted by molar-refractivity contribution is 6.32. The van der Waals surface area contributed by atoms with E-state index < -0.39 is 0 Å². The van der Waals surface area contributed by atoms with Crippen LogP contribution in [0.25, 0.3) is 5.69 Å². The zero-order valence-corrected chi connectivity index (χ0v) is 18.0. The van der Waals surface area contributed by atoms with Crippen molar-refractivity contribution in [2.75, 3.05) is 37.0 Å². The molecule has 0 amide bonds. The highest BCUT2D eigenvalue weighted by atomic mass is 35.5. The highest BCUT2D eigenvalue weighted by Crippen LogP contribution is 2.25. The molecule has 0 radical (unpaired) electrons. The molecule has 1 N–H and O–H groups in total. The fraction of sp³-hybridized carbons (Fsp3) is 0.304. The van der Waals surface area contributed by atoms with Crippen molar-refractivity contribution in [1.82, 2.24) is 9.78 Å². The van der Waals surface area contributed by atoms with E-state index in [2.05, 4.69) is 10.4 Å². The van der Waals surface area contributed by atoms with Crippen LogP contribution in [0.5, 0.6) is 0 Å². The van der Waals surface area contributed by atoms with E-state index >= 15 is 0 Å². The number of hydrogen-bond donors (Lipinski definition) is 1. The van der Waals surface area contributed by atoms with Crippen molar-refractivity contribution >= 4 is 28.7 Å². The molecule has 0 saturated carbocycles. The maximum atomic E-state index is 13.2. The first-order valence-electron chi connectivity index (χ1n) is 10.2. The van der Waals surface area contributed by atoms with Gasteiger partial charge in [0.25, 0.3) is 5.56 Å². The monoisotopic (exact) mass is 442 g/mol. The maximum absolute atomic E-state index is 13.2. The minimum atomic E-state index is -0.383. The smallest absolute Gasteiger partial charge is 0.292 e. The first-order valence-corrected chi connectivity index (χ1v) is 10.6. The van der Waals surface area contributed by atoms with Gasteiger partial charge < -0.3 is 15.0 Å². The van der Waals surface area contributed by atoms with Crippen LogP contribution in [0.3, 0.4) is 0 Å². The molecule has 1 saturated heterocycles. The van der Waals surface area contributed by atoms with Crippen LogP contribution in [0.15, 0.2) is 59.5 Å². The lowest BCUT2D eigenvalue weighted by atomic mass is 10.0. The summed E-state index contributed by atoms with van der Waals surface area (Å²) in [6.07, 6.45) is 3.71. The fourth-order valence-corrected chi connectivity index (χ4v) is 3.79. The molecular weight excluding hydrogens is 419 g/mol. The van der Waals surface area contributed by atoms with Crippen LogP contribution in [-0.4, -0.2) is 36.6 Å².